The second kappa shape index (κ2) is 2.29. The van der Waals surface area contributed by atoms with E-state index in [1.165, 1.54) is 0 Å². The van der Waals surface area contributed by atoms with E-state index in [0.29, 0.717) is 6.42 Å². The molecule has 1 atom stereocenters. The fraction of sp³-hybridized carbons (Fsp3) is 0.375. The highest BCUT2D eigenvalue weighted by Crippen LogP contribution is 2.26. The number of rotatable bonds is 1. The minimum Gasteiger partial charge on any atom is -0.481 e. The molecule has 1 aliphatic carbocycles. The maximum Gasteiger partial charge on any atom is 0.313 e. The molecule has 0 aromatic carbocycles. The molecule has 0 aromatic heterocycles. The zero-order valence-electron chi connectivity index (χ0n) is 5.79. The highest BCUT2D eigenvalue weighted by Gasteiger charge is 2.29. The van der Waals surface area contributed by atoms with Crippen LogP contribution >= 0.6 is 0 Å². The first-order chi connectivity index (χ1) is 4.65. The van der Waals surface area contributed by atoms with Crippen molar-refractivity contribution >= 4 is 5.97 Å². The van der Waals surface area contributed by atoms with Crippen LogP contribution in [0.25, 0.3) is 0 Å². The van der Waals surface area contributed by atoms with Crippen molar-refractivity contribution in [2.75, 3.05) is 0 Å². The lowest BCUT2D eigenvalue weighted by Crippen LogP contribution is -2.25. The van der Waals surface area contributed by atoms with Gasteiger partial charge in [-0.25, -0.2) is 0 Å². The van der Waals surface area contributed by atoms with Gasteiger partial charge in [-0.2, -0.15) is 0 Å². The summed E-state index contributed by atoms with van der Waals surface area (Å²) in [5.74, 6) is -0.788. The van der Waals surface area contributed by atoms with Crippen molar-refractivity contribution < 1.29 is 9.90 Å². The predicted octanol–water partition coefficient (Wildman–Crippen LogP) is 1.40. The molecule has 1 aliphatic rings. The number of carbonyl (C=O) groups is 1. The largest absolute Gasteiger partial charge is 0.481 e. The van der Waals surface area contributed by atoms with Crippen LogP contribution in [0.15, 0.2) is 18.2 Å². The monoisotopic (exact) mass is 137 g/mol. The van der Waals surface area contributed by atoms with Crippen molar-refractivity contribution in [3.63, 3.8) is 0 Å². The van der Waals surface area contributed by atoms with Crippen LogP contribution in [0.1, 0.15) is 13.3 Å². The molecule has 0 spiro atoms. The highest BCUT2D eigenvalue weighted by molar-refractivity contribution is 5.77. The fourth-order valence-corrected chi connectivity index (χ4v) is 0.805. The molecule has 0 saturated heterocycles. The Morgan fingerprint density at radius 3 is 2.80 bits per heavy atom. The first-order valence-corrected chi connectivity index (χ1v) is 3.13. The number of carboxylic acids is 1. The van der Waals surface area contributed by atoms with Gasteiger partial charge >= 0.3 is 5.97 Å². The van der Waals surface area contributed by atoms with Gasteiger partial charge in [0.25, 0.3) is 0 Å². The summed E-state index contributed by atoms with van der Waals surface area (Å²) in [6.45, 7) is 1.69. The van der Waals surface area contributed by atoms with Crippen LogP contribution < -0.4 is 0 Å². The maximum atomic E-state index is 10.6. The van der Waals surface area contributed by atoms with Gasteiger partial charge in [-0.1, -0.05) is 18.2 Å². The maximum absolute atomic E-state index is 10.6. The average molecular weight is 137 g/mol. The van der Waals surface area contributed by atoms with Crippen LogP contribution in [0.3, 0.4) is 0 Å². The summed E-state index contributed by atoms with van der Waals surface area (Å²) in [5, 5.41) is 8.69. The van der Waals surface area contributed by atoms with E-state index in [1.807, 2.05) is 0 Å². The molecule has 0 saturated carbocycles. The molecule has 2 heteroatoms. The standard InChI is InChI=1S/C8H9O2/c1-8(7(9)10)5-3-2-4-6-8/h2-3,5H,6H2,1H3,(H,9,10). The van der Waals surface area contributed by atoms with Gasteiger partial charge in [0, 0.05) is 0 Å². The van der Waals surface area contributed by atoms with Crippen molar-refractivity contribution in [2.45, 2.75) is 13.3 Å². The van der Waals surface area contributed by atoms with Crippen molar-refractivity contribution in [1.29, 1.82) is 0 Å². The van der Waals surface area contributed by atoms with Crippen LogP contribution in [0, 0.1) is 11.5 Å². The third kappa shape index (κ3) is 1.10. The van der Waals surface area contributed by atoms with Gasteiger partial charge in [0.1, 0.15) is 0 Å². The molecule has 1 radical (unpaired) electrons. The van der Waals surface area contributed by atoms with Gasteiger partial charge in [0.15, 0.2) is 0 Å². The molecule has 0 bridgehead atoms. The van der Waals surface area contributed by atoms with Gasteiger partial charge in [-0.3, -0.25) is 4.79 Å². The molecule has 1 unspecified atom stereocenters. The Labute approximate surface area is 59.9 Å². The molecular weight excluding hydrogens is 128 g/mol. The molecule has 0 fully saturated rings. The number of carboxylic acid groups (broad SMARTS) is 1. The smallest absolute Gasteiger partial charge is 0.313 e. The molecular formula is C8H9O2. The fourth-order valence-electron chi connectivity index (χ4n) is 0.805. The number of hydrogen-bond donors (Lipinski definition) is 1. The number of hydrogen-bond acceptors (Lipinski definition) is 1. The van der Waals surface area contributed by atoms with E-state index in [1.54, 1.807) is 25.2 Å². The van der Waals surface area contributed by atoms with Crippen molar-refractivity contribution in [3.8, 4) is 0 Å². The summed E-state index contributed by atoms with van der Waals surface area (Å²) in [6.07, 6.45) is 8.48. The predicted molar refractivity (Wildman–Crippen MR) is 37.3 cm³/mol. The molecule has 2 nitrogen and oxygen atoms in total. The summed E-state index contributed by atoms with van der Waals surface area (Å²) in [5.41, 5.74) is -0.727. The Hall–Kier alpha value is -1.05. The summed E-state index contributed by atoms with van der Waals surface area (Å²) in [6, 6.07) is 0. The Bertz CT molecular complexity index is 203. The van der Waals surface area contributed by atoms with Gasteiger partial charge in [0.05, 0.1) is 5.41 Å². The molecule has 1 rings (SSSR count). The van der Waals surface area contributed by atoms with Crippen molar-refractivity contribution in [1.82, 2.24) is 0 Å². The first-order valence-electron chi connectivity index (χ1n) is 3.13. The molecule has 0 amide bonds. The minimum absolute atomic E-state index is 0.471. The van der Waals surface area contributed by atoms with E-state index in [0.717, 1.165) is 0 Å². The third-order valence-electron chi connectivity index (χ3n) is 1.64. The first kappa shape index (κ1) is 7.06. The zero-order chi connectivity index (χ0) is 7.61. The van der Waals surface area contributed by atoms with Gasteiger partial charge in [0.2, 0.25) is 0 Å². The van der Waals surface area contributed by atoms with Crippen LogP contribution in [0.4, 0.5) is 0 Å². The summed E-state index contributed by atoms with van der Waals surface area (Å²) in [7, 11) is 0. The molecule has 10 heavy (non-hydrogen) atoms. The quantitative estimate of drug-likeness (QED) is 0.593. The van der Waals surface area contributed by atoms with E-state index in [9.17, 15) is 4.79 Å². The molecule has 0 aromatic rings. The number of allylic oxidation sites excluding steroid dienone is 3. The van der Waals surface area contributed by atoms with Gasteiger partial charge in [-0.05, 0) is 19.4 Å². The molecule has 1 N–H and O–H groups in total. The number of aliphatic carboxylic acids is 1. The van der Waals surface area contributed by atoms with Crippen LogP contribution in [0.2, 0.25) is 0 Å². The topological polar surface area (TPSA) is 37.3 Å². The zero-order valence-corrected chi connectivity index (χ0v) is 5.79. The lowest BCUT2D eigenvalue weighted by molar-refractivity contribution is -0.145. The van der Waals surface area contributed by atoms with E-state index in [4.69, 9.17) is 5.11 Å². The molecule has 0 heterocycles. The van der Waals surface area contributed by atoms with Gasteiger partial charge in [-0.15, -0.1) is 0 Å². The second-order valence-electron chi connectivity index (χ2n) is 2.63. The summed E-state index contributed by atoms with van der Waals surface area (Å²) >= 11 is 0. The molecule has 0 aliphatic heterocycles. The van der Waals surface area contributed by atoms with E-state index in [2.05, 4.69) is 6.08 Å². The highest BCUT2D eigenvalue weighted by atomic mass is 16.4. The van der Waals surface area contributed by atoms with Crippen LogP contribution in [0.5, 0.6) is 0 Å². The average Bonchev–Trinajstić information content (AvgIpc) is 1.89. The second-order valence-corrected chi connectivity index (χ2v) is 2.63. The Morgan fingerprint density at radius 1 is 1.80 bits per heavy atom. The lowest BCUT2D eigenvalue weighted by Gasteiger charge is -2.19. The van der Waals surface area contributed by atoms with Crippen LogP contribution in [-0.2, 0) is 4.79 Å². The summed E-state index contributed by atoms with van der Waals surface area (Å²) in [4.78, 5) is 10.6. The molecule has 53 valence electrons. The van der Waals surface area contributed by atoms with Gasteiger partial charge < -0.3 is 5.11 Å². The van der Waals surface area contributed by atoms with Crippen molar-refractivity contribution in [3.05, 3.63) is 24.3 Å². The minimum atomic E-state index is -0.788. The SMILES string of the molecule is CC1(C(=O)O)C=CC=[C]C1. The Kier molecular flexibility index (Phi) is 1.62. The van der Waals surface area contributed by atoms with E-state index < -0.39 is 11.4 Å². The summed E-state index contributed by atoms with van der Waals surface area (Å²) < 4.78 is 0. The Morgan fingerprint density at radius 2 is 2.50 bits per heavy atom. The normalized spacial score (nSPS) is 30.5. The Balaban J connectivity index is 2.80. The van der Waals surface area contributed by atoms with Crippen molar-refractivity contribution in [2.24, 2.45) is 5.41 Å². The third-order valence-corrected chi connectivity index (χ3v) is 1.64. The van der Waals surface area contributed by atoms with Crippen LogP contribution in [-0.4, -0.2) is 11.1 Å². The van der Waals surface area contributed by atoms with E-state index in [-0.39, 0.29) is 0 Å². The lowest BCUT2D eigenvalue weighted by atomic mass is 9.84. The van der Waals surface area contributed by atoms with E-state index >= 15 is 0 Å².